The lowest BCUT2D eigenvalue weighted by molar-refractivity contribution is -0.131. The third kappa shape index (κ3) is 9.69. The van der Waals surface area contributed by atoms with Crippen LogP contribution >= 0.6 is 0 Å². The number of carbonyl (C=O) groups is 2. The molecule has 1 atom stereocenters. The van der Waals surface area contributed by atoms with Crippen molar-refractivity contribution in [2.24, 2.45) is 0 Å². The van der Waals surface area contributed by atoms with Gasteiger partial charge in [-0.1, -0.05) is 30.3 Å². The normalized spacial score (nSPS) is 11.9. The topological polar surface area (TPSA) is 82.1 Å². The monoisotopic (exact) mass is 351 g/mol. The molecule has 0 aliphatic heterocycles. The summed E-state index contributed by atoms with van der Waals surface area (Å²) in [5.41, 5.74) is 0.922. The Morgan fingerprint density at radius 1 is 1.16 bits per heavy atom. The second-order valence-corrected chi connectivity index (χ2v) is 6.28. The predicted molar refractivity (Wildman–Crippen MR) is 96.1 cm³/mol. The summed E-state index contributed by atoms with van der Waals surface area (Å²) in [7, 11) is 5.41. The van der Waals surface area contributed by atoms with Gasteiger partial charge in [-0.15, -0.1) is 0 Å². The van der Waals surface area contributed by atoms with Crippen molar-refractivity contribution in [2.45, 2.75) is 25.6 Å². The Kier molecular flexibility index (Phi) is 9.57. The molecule has 0 aliphatic rings. The summed E-state index contributed by atoms with van der Waals surface area (Å²) in [5, 5.41) is 12.5. The van der Waals surface area contributed by atoms with Gasteiger partial charge in [-0.3, -0.25) is 4.79 Å². The van der Waals surface area contributed by atoms with Crippen LogP contribution in [0.3, 0.4) is 0 Å². The van der Waals surface area contributed by atoms with Crippen LogP contribution in [0.2, 0.25) is 0 Å². The van der Waals surface area contributed by atoms with Crippen molar-refractivity contribution in [1.82, 2.24) is 15.1 Å². The molecule has 1 aromatic rings. The van der Waals surface area contributed by atoms with Crippen LogP contribution in [-0.2, 0) is 16.1 Å². The van der Waals surface area contributed by atoms with E-state index >= 15 is 0 Å². The Labute approximate surface area is 149 Å². The molecule has 2 N–H and O–H groups in total. The van der Waals surface area contributed by atoms with Crippen LogP contribution in [0.5, 0.6) is 0 Å². The molecule has 7 nitrogen and oxygen atoms in total. The molecule has 0 saturated heterocycles. The number of benzene rings is 1. The van der Waals surface area contributed by atoms with E-state index in [-0.39, 0.29) is 12.5 Å². The van der Waals surface area contributed by atoms with Gasteiger partial charge in [0.2, 0.25) is 5.91 Å². The zero-order valence-electron chi connectivity index (χ0n) is 15.3. The van der Waals surface area contributed by atoms with Crippen LogP contribution in [0, 0.1) is 0 Å². The summed E-state index contributed by atoms with van der Waals surface area (Å²) in [6, 6.07) is 9.43. The van der Waals surface area contributed by atoms with Gasteiger partial charge in [-0.25, -0.2) is 4.79 Å². The first-order chi connectivity index (χ1) is 11.9. The van der Waals surface area contributed by atoms with E-state index in [0.29, 0.717) is 32.5 Å². The van der Waals surface area contributed by atoms with E-state index in [1.54, 1.807) is 7.05 Å². The molecule has 2 amide bonds. The van der Waals surface area contributed by atoms with Crippen molar-refractivity contribution in [3.05, 3.63) is 35.9 Å². The number of amides is 2. The number of alkyl carbamates (subject to hydrolysis) is 1. The van der Waals surface area contributed by atoms with Gasteiger partial charge in [0.15, 0.2) is 0 Å². The van der Waals surface area contributed by atoms with Crippen LogP contribution in [-0.4, -0.2) is 73.8 Å². The molecule has 0 heterocycles. The highest BCUT2D eigenvalue weighted by atomic mass is 16.5. The molecule has 1 aromatic carbocycles. The smallest absolute Gasteiger partial charge is 0.407 e. The Bertz CT molecular complexity index is 522. The molecule has 0 aliphatic carbocycles. The summed E-state index contributed by atoms with van der Waals surface area (Å²) in [4.78, 5) is 26.9. The summed E-state index contributed by atoms with van der Waals surface area (Å²) < 4.78 is 5.09. The van der Waals surface area contributed by atoms with Crippen molar-refractivity contribution in [3.63, 3.8) is 0 Å². The van der Waals surface area contributed by atoms with Gasteiger partial charge in [0.25, 0.3) is 0 Å². The predicted octanol–water partition coefficient (Wildman–Crippen LogP) is 1.07. The minimum absolute atomic E-state index is 0.0581. The third-order valence-corrected chi connectivity index (χ3v) is 3.54. The minimum atomic E-state index is -0.574. The molecule has 1 unspecified atom stereocenters. The zero-order valence-corrected chi connectivity index (χ0v) is 15.3. The Hall–Kier alpha value is -2.12. The van der Waals surface area contributed by atoms with E-state index < -0.39 is 12.2 Å². The maximum absolute atomic E-state index is 12.0. The highest BCUT2D eigenvalue weighted by molar-refractivity contribution is 5.76. The Morgan fingerprint density at radius 3 is 2.48 bits per heavy atom. The minimum Gasteiger partial charge on any atom is -0.445 e. The second kappa shape index (κ2) is 11.4. The van der Waals surface area contributed by atoms with Crippen molar-refractivity contribution >= 4 is 12.0 Å². The number of hydrogen-bond acceptors (Lipinski definition) is 5. The number of ether oxygens (including phenoxy) is 1. The fourth-order valence-corrected chi connectivity index (χ4v) is 2.29. The summed E-state index contributed by atoms with van der Waals surface area (Å²) in [6.07, 6.45) is -0.238. The number of aliphatic hydroxyl groups excluding tert-OH is 1. The molecule has 140 valence electrons. The molecule has 0 bridgehead atoms. The maximum Gasteiger partial charge on any atom is 0.407 e. The van der Waals surface area contributed by atoms with Crippen molar-refractivity contribution < 1.29 is 19.4 Å². The number of carbonyl (C=O) groups excluding carboxylic acids is 2. The van der Waals surface area contributed by atoms with Crippen LogP contribution < -0.4 is 5.32 Å². The van der Waals surface area contributed by atoms with Crippen LogP contribution in [0.4, 0.5) is 4.79 Å². The van der Waals surface area contributed by atoms with Gasteiger partial charge in [-0.05, 0) is 26.1 Å². The first-order valence-electron chi connectivity index (χ1n) is 8.39. The molecule has 0 spiro atoms. The molecule has 7 heteroatoms. The number of aliphatic hydroxyl groups is 1. The first-order valence-corrected chi connectivity index (χ1v) is 8.39. The van der Waals surface area contributed by atoms with Crippen LogP contribution in [0.15, 0.2) is 30.3 Å². The fraction of sp³-hybridized carbons (Fsp3) is 0.556. The van der Waals surface area contributed by atoms with Gasteiger partial charge in [0.1, 0.15) is 6.61 Å². The quantitative estimate of drug-likeness (QED) is 0.616. The van der Waals surface area contributed by atoms with E-state index in [0.717, 1.165) is 5.56 Å². The average Bonchev–Trinajstić information content (AvgIpc) is 2.56. The number of nitrogens with zero attached hydrogens (tertiary/aromatic N) is 2. The second-order valence-electron chi connectivity index (χ2n) is 6.28. The fourth-order valence-electron chi connectivity index (χ4n) is 2.29. The van der Waals surface area contributed by atoms with Crippen molar-refractivity contribution in [1.29, 1.82) is 0 Å². The first kappa shape index (κ1) is 20.9. The van der Waals surface area contributed by atoms with Gasteiger partial charge in [-0.2, -0.15) is 0 Å². The molecule has 0 radical (unpaired) electrons. The molecule has 0 fully saturated rings. The van der Waals surface area contributed by atoms with Gasteiger partial charge in [0.05, 0.1) is 6.10 Å². The Balaban J connectivity index is 2.13. The zero-order chi connectivity index (χ0) is 18.7. The number of rotatable bonds is 10. The lowest BCUT2D eigenvalue weighted by atomic mass is 10.2. The van der Waals surface area contributed by atoms with E-state index in [1.807, 2.05) is 49.3 Å². The summed E-state index contributed by atoms with van der Waals surface area (Å²) >= 11 is 0. The molecule has 1 rings (SSSR count). The van der Waals surface area contributed by atoms with E-state index in [4.69, 9.17) is 4.74 Å². The summed E-state index contributed by atoms with van der Waals surface area (Å²) in [6.45, 7) is 1.39. The lowest BCUT2D eigenvalue weighted by Crippen LogP contribution is -2.39. The van der Waals surface area contributed by atoms with Crippen molar-refractivity contribution in [3.8, 4) is 0 Å². The summed E-state index contributed by atoms with van der Waals surface area (Å²) in [5.74, 6) is -0.0581. The molecule has 0 saturated carbocycles. The maximum atomic E-state index is 12.0. The van der Waals surface area contributed by atoms with Gasteiger partial charge >= 0.3 is 6.09 Å². The number of nitrogens with one attached hydrogen (secondary N) is 1. The lowest BCUT2D eigenvalue weighted by Gasteiger charge is -2.23. The SMILES string of the molecule is CN(C)CC(O)CN(C)C(=O)CCCNC(=O)OCc1ccccc1. The molecular weight excluding hydrogens is 322 g/mol. The molecular formula is C18H29N3O4. The molecule has 25 heavy (non-hydrogen) atoms. The van der Waals surface area contributed by atoms with Gasteiger partial charge < -0.3 is 25.0 Å². The third-order valence-electron chi connectivity index (χ3n) is 3.54. The Morgan fingerprint density at radius 2 is 1.84 bits per heavy atom. The molecule has 0 aromatic heterocycles. The number of likely N-dealkylation sites (N-methyl/N-ethyl adjacent to an activating group) is 2. The number of hydrogen-bond donors (Lipinski definition) is 2. The van der Waals surface area contributed by atoms with E-state index in [1.165, 1.54) is 4.90 Å². The van der Waals surface area contributed by atoms with E-state index in [9.17, 15) is 14.7 Å². The standard InChI is InChI=1S/C18H29N3O4/c1-20(2)12-16(22)13-21(3)17(23)10-7-11-19-18(24)25-14-15-8-5-4-6-9-15/h4-6,8-9,16,22H,7,10-14H2,1-3H3,(H,19,24). The highest BCUT2D eigenvalue weighted by Crippen LogP contribution is 2.01. The highest BCUT2D eigenvalue weighted by Gasteiger charge is 2.14. The van der Waals surface area contributed by atoms with Crippen LogP contribution in [0.25, 0.3) is 0 Å². The van der Waals surface area contributed by atoms with Gasteiger partial charge in [0, 0.05) is 33.1 Å². The van der Waals surface area contributed by atoms with E-state index in [2.05, 4.69) is 5.32 Å². The van der Waals surface area contributed by atoms with Crippen molar-refractivity contribution in [2.75, 3.05) is 40.8 Å². The largest absolute Gasteiger partial charge is 0.445 e. The average molecular weight is 351 g/mol. The van der Waals surface area contributed by atoms with Crippen LogP contribution in [0.1, 0.15) is 18.4 Å².